The van der Waals surface area contributed by atoms with E-state index in [4.69, 9.17) is 57.7 Å². The monoisotopic (exact) mass is 518 g/mol. The fourth-order valence-corrected chi connectivity index (χ4v) is 0. The van der Waals surface area contributed by atoms with E-state index in [2.05, 4.69) is 0 Å². The molecular formula is CH5Ca5O13P3. The van der Waals surface area contributed by atoms with Crippen LogP contribution in [0.4, 0.5) is 0 Å². The second-order valence-corrected chi connectivity index (χ2v) is 4.02. The number of hydrogen-bond donors (Lipinski definition) is 0. The van der Waals surface area contributed by atoms with Crippen LogP contribution in [-0.4, -0.2) is 194 Å². The van der Waals surface area contributed by atoms with Gasteiger partial charge in [0, 0.05) is 0 Å². The van der Waals surface area contributed by atoms with Gasteiger partial charge in [-0.2, -0.15) is 23.5 Å². The molecule has 0 spiro atoms. The van der Waals surface area contributed by atoms with E-state index >= 15 is 0 Å². The quantitative estimate of drug-likeness (QED) is 0.213. The van der Waals surface area contributed by atoms with E-state index in [1.54, 1.807) is 0 Å². The average molecular weight is 518 g/mol. The minimum Gasteiger partial charge on any atom is -0.870 e. The summed E-state index contributed by atoms with van der Waals surface area (Å²) < 4.78 is 25.6. The Morgan fingerprint density at radius 2 is 0.409 bits per heavy atom. The Morgan fingerprint density at radius 3 is 0.409 bits per heavy atom. The van der Waals surface area contributed by atoms with Crippen molar-refractivity contribution in [3.63, 3.8) is 0 Å². The molecule has 0 atom stereocenters. The third-order valence-electron chi connectivity index (χ3n) is 0. The number of rotatable bonds is 0. The zero-order chi connectivity index (χ0) is 13.5. The molecule has 0 unspecified atom stereocenters. The summed E-state index contributed by atoms with van der Waals surface area (Å²) in [5.74, 6) is 0. The summed E-state index contributed by atoms with van der Waals surface area (Å²) in [4.78, 5) is 76.9. The molecule has 0 aliphatic rings. The van der Waals surface area contributed by atoms with Crippen molar-refractivity contribution in [2.24, 2.45) is 0 Å². The summed E-state index contributed by atoms with van der Waals surface area (Å²) in [5, 5.41) is 0. The average Bonchev–Trinajstić information content (AvgIpc) is 1.41. The zero-order valence-corrected chi connectivity index (χ0v) is 23.9. The van der Waals surface area contributed by atoms with Crippen LogP contribution in [0.5, 0.6) is 0 Å². The van der Waals surface area contributed by atoms with E-state index in [1.807, 2.05) is 0 Å². The summed E-state index contributed by atoms with van der Waals surface area (Å²) >= 11 is 0. The molecule has 0 radical (unpaired) electrons. The van der Waals surface area contributed by atoms with Gasteiger partial charge in [0.15, 0.2) is 0 Å². The van der Waals surface area contributed by atoms with E-state index in [1.165, 1.54) is 0 Å². The van der Waals surface area contributed by atoms with E-state index in [-0.39, 0.29) is 202 Å². The predicted molar refractivity (Wildman–Crippen MR) is 60.3 cm³/mol. The molecule has 13 nitrogen and oxygen atoms in total. The molecule has 21 heteroatoms. The minimum absolute atomic E-state index is 0. The minimum atomic E-state index is -5.39. The van der Waals surface area contributed by atoms with Crippen molar-refractivity contribution in [2.75, 3.05) is 0 Å². The van der Waals surface area contributed by atoms with Crippen LogP contribution < -0.4 is 44.0 Å². The van der Waals surface area contributed by atoms with Crippen LogP contribution in [0.2, 0.25) is 0 Å². The fraction of sp³-hybridized carbons (Fsp3) is 1.00. The van der Waals surface area contributed by atoms with Crippen molar-refractivity contribution in [3.8, 4) is 0 Å². The van der Waals surface area contributed by atoms with E-state index in [0.717, 1.165) is 0 Å². The molecule has 0 aromatic rings. The first-order chi connectivity index (χ1) is 6.00. The van der Waals surface area contributed by atoms with Crippen LogP contribution in [0.3, 0.4) is 0 Å². The molecule has 0 saturated carbocycles. The van der Waals surface area contributed by atoms with Gasteiger partial charge in [-0.25, -0.2) is 0 Å². The smallest absolute Gasteiger partial charge is 0.870 e. The molecule has 0 aliphatic carbocycles. The van der Waals surface area contributed by atoms with Crippen molar-refractivity contribution in [1.29, 1.82) is 0 Å². The Kier molecular flexibility index (Phi) is 92.3. The van der Waals surface area contributed by atoms with Gasteiger partial charge in [-0.05, 0) is 0 Å². The summed E-state index contributed by atoms with van der Waals surface area (Å²) in [6, 6.07) is 0. The van der Waals surface area contributed by atoms with Gasteiger partial charge in [-0.1, -0.05) is 7.43 Å². The van der Waals surface area contributed by atoms with E-state index in [0.29, 0.717) is 0 Å². The summed E-state index contributed by atoms with van der Waals surface area (Å²) in [6.07, 6.45) is 0. The summed E-state index contributed by atoms with van der Waals surface area (Å²) in [6.45, 7) is 0. The molecule has 0 amide bonds. The van der Waals surface area contributed by atoms with Crippen molar-refractivity contribution in [2.45, 2.75) is 7.43 Å². The van der Waals surface area contributed by atoms with Crippen molar-refractivity contribution in [1.82, 2.24) is 0 Å². The Labute approximate surface area is 276 Å². The number of hydrogen-bond acceptors (Lipinski definition) is 13. The van der Waals surface area contributed by atoms with E-state index < -0.39 is 23.5 Å². The Balaban J connectivity index is -0.0000000106. The van der Waals surface area contributed by atoms with Crippen LogP contribution in [0.1, 0.15) is 7.43 Å². The topological polar surface area (TPSA) is 289 Å². The second-order valence-electron chi connectivity index (χ2n) is 1.34. The maximum Gasteiger partial charge on any atom is 2.00 e. The standard InChI is InChI=1S/CH4.5Ca.3H3O4P.H2O/c;;;;;;3*1-5(2,3)4;/h1H4;;;;;;3*(H3,1,2,3,4);1H2/q;5*+2;;;;/p-10. The van der Waals surface area contributed by atoms with Crippen LogP contribution in [-0.2, 0) is 13.7 Å². The molecule has 0 aliphatic heterocycles. The molecule has 1 N–H and O–H groups in total. The van der Waals surface area contributed by atoms with Crippen LogP contribution in [0, 0.1) is 0 Å². The molecule has 0 aromatic carbocycles. The molecular weight excluding hydrogens is 513 g/mol. The van der Waals surface area contributed by atoms with Crippen molar-refractivity contribution < 1.29 is 63.2 Å². The maximum absolute atomic E-state index is 8.55. The molecule has 22 heavy (non-hydrogen) atoms. The number of phosphoric acid groups is 3. The zero-order valence-electron chi connectivity index (χ0n) is 10.2. The molecule has 0 saturated heterocycles. The third kappa shape index (κ3) is 401. The van der Waals surface area contributed by atoms with E-state index in [9.17, 15) is 0 Å². The molecule has 0 rings (SSSR count). The Morgan fingerprint density at radius 1 is 0.409 bits per heavy atom. The van der Waals surface area contributed by atoms with Gasteiger partial charge >= 0.3 is 189 Å². The molecule has 0 aromatic heterocycles. The second kappa shape index (κ2) is 32.3. The third-order valence-corrected chi connectivity index (χ3v) is 0. The Bertz CT molecular complexity index is 220. The fourth-order valence-electron chi connectivity index (χ4n) is 0. The van der Waals surface area contributed by atoms with Crippen LogP contribution in [0.25, 0.3) is 0 Å². The van der Waals surface area contributed by atoms with Gasteiger partial charge in [-0.15, -0.1) is 0 Å². The van der Waals surface area contributed by atoms with Gasteiger partial charge in [0.2, 0.25) is 0 Å². The molecule has 0 heterocycles. The van der Waals surface area contributed by atoms with Gasteiger partial charge in [0.05, 0.1) is 0 Å². The Hall–Kier alpha value is 6.59. The summed E-state index contributed by atoms with van der Waals surface area (Å²) in [7, 11) is -16.2. The maximum atomic E-state index is 8.55. The largest absolute Gasteiger partial charge is 2.00 e. The SMILES string of the molecule is C.O=P([O-])([O-])[O-].O=P([O-])([O-])[O-].O=P([O-])([O-])[O-].[Ca+2].[Ca+2].[Ca+2].[Ca+2].[Ca+2].[OH-]. The summed E-state index contributed by atoms with van der Waals surface area (Å²) in [5.41, 5.74) is 0. The van der Waals surface area contributed by atoms with Gasteiger partial charge < -0.3 is 63.2 Å². The van der Waals surface area contributed by atoms with Gasteiger partial charge in [0.1, 0.15) is 0 Å². The van der Waals surface area contributed by atoms with Crippen LogP contribution >= 0.6 is 23.5 Å². The van der Waals surface area contributed by atoms with Gasteiger partial charge in [0.25, 0.3) is 0 Å². The first kappa shape index (κ1) is 63.0. The first-order valence-corrected chi connectivity index (χ1v) is 6.57. The molecule has 0 bridgehead atoms. The van der Waals surface area contributed by atoms with Crippen molar-refractivity contribution in [3.05, 3.63) is 0 Å². The molecule has 0 fully saturated rings. The molecule has 112 valence electrons. The predicted octanol–water partition coefficient (Wildman–Crippen LogP) is -9.92. The first-order valence-electron chi connectivity index (χ1n) is 2.19. The normalized spacial score (nSPS) is 8.05. The van der Waals surface area contributed by atoms with Crippen LogP contribution in [0.15, 0.2) is 0 Å². The van der Waals surface area contributed by atoms with Crippen molar-refractivity contribution >= 4 is 212 Å². The van der Waals surface area contributed by atoms with Gasteiger partial charge in [-0.3, -0.25) is 0 Å².